The second-order valence-electron chi connectivity index (χ2n) is 4.81. The molecule has 0 N–H and O–H groups in total. The van der Waals surface area contributed by atoms with Crippen molar-refractivity contribution in [1.82, 2.24) is 4.31 Å². The Morgan fingerprint density at radius 2 is 2.06 bits per heavy atom. The minimum absolute atomic E-state index is 0.162. The highest BCUT2D eigenvalue weighted by atomic mass is 32.2. The first-order chi connectivity index (χ1) is 7.47. The van der Waals surface area contributed by atoms with Gasteiger partial charge in [-0.05, 0) is 25.2 Å². The Balaban J connectivity index is 2.68. The third kappa shape index (κ3) is 3.56. The van der Waals surface area contributed by atoms with E-state index in [0.717, 1.165) is 19.1 Å². The average Bonchev–Trinajstić information content (AvgIpc) is 2.26. The summed E-state index contributed by atoms with van der Waals surface area (Å²) in [6, 6.07) is -0.425. The fourth-order valence-electron chi connectivity index (χ4n) is 1.91. The van der Waals surface area contributed by atoms with Crippen molar-refractivity contribution >= 4 is 16.3 Å². The number of nitrogens with zero attached hydrogens (tertiary/aromatic N) is 1. The molecule has 1 rings (SSSR count). The van der Waals surface area contributed by atoms with Crippen LogP contribution < -0.4 is 0 Å². The Bertz CT molecular complexity index is 324. The van der Waals surface area contributed by atoms with Crippen LogP contribution in [0.25, 0.3) is 0 Å². The lowest BCUT2D eigenvalue weighted by Crippen LogP contribution is -2.45. The van der Waals surface area contributed by atoms with E-state index < -0.39 is 16.1 Å². The third-order valence-electron chi connectivity index (χ3n) is 2.97. The van der Waals surface area contributed by atoms with E-state index in [0.29, 0.717) is 25.3 Å². The number of carbonyl (C=O) groups excluding carboxylic acids is 1. The lowest BCUT2D eigenvalue weighted by Gasteiger charge is -2.31. The van der Waals surface area contributed by atoms with Gasteiger partial charge >= 0.3 is 0 Å². The first kappa shape index (κ1) is 13.6. The highest BCUT2D eigenvalue weighted by Crippen LogP contribution is 2.20. The molecule has 1 aliphatic rings. The molecule has 0 aromatic rings. The van der Waals surface area contributed by atoms with E-state index in [-0.39, 0.29) is 5.75 Å². The van der Waals surface area contributed by atoms with Gasteiger partial charge in [0, 0.05) is 6.54 Å². The highest BCUT2D eigenvalue weighted by Gasteiger charge is 2.31. The SMILES string of the molecule is CC(C)CCS(=O)(=O)N1CCCCC1C=O. The summed E-state index contributed by atoms with van der Waals surface area (Å²) in [6.45, 7) is 4.51. The van der Waals surface area contributed by atoms with Gasteiger partial charge in [-0.15, -0.1) is 0 Å². The molecular formula is C11H21NO3S. The maximum absolute atomic E-state index is 12.0. The molecule has 0 bridgehead atoms. The van der Waals surface area contributed by atoms with Gasteiger partial charge in [-0.25, -0.2) is 8.42 Å². The number of carbonyl (C=O) groups is 1. The van der Waals surface area contributed by atoms with Crippen molar-refractivity contribution in [2.24, 2.45) is 5.92 Å². The molecule has 4 nitrogen and oxygen atoms in total. The van der Waals surface area contributed by atoms with E-state index >= 15 is 0 Å². The average molecular weight is 247 g/mol. The summed E-state index contributed by atoms with van der Waals surface area (Å²) in [5.41, 5.74) is 0. The maximum atomic E-state index is 12.0. The molecule has 16 heavy (non-hydrogen) atoms. The number of rotatable bonds is 5. The molecule has 0 saturated carbocycles. The first-order valence-corrected chi connectivity index (χ1v) is 7.53. The van der Waals surface area contributed by atoms with Crippen LogP contribution in [0.15, 0.2) is 0 Å². The van der Waals surface area contributed by atoms with Gasteiger partial charge in [0.1, 0.15) is 6.29 Å². The predicted molar refractivity (Wildman–Crippen MR) is 63.7 cm³/mol. The summed E-state index contributed by atoms with van der Waals surface area (Å²) < 4.78 is 25.4. The predicted octanol–water partition coefficient (Wildman–Crippen LogP) is 1.42. The maximum Gasteiger partial charge on any atom is 0.214 e. The Kier molecular flexibility index (Phi) is 4.92. The fourth-order valence-corrected chi connectivity index (χ4v) is 3.89. The summed E-state index contributed by atoms with van der Waals surface area (Å²) in [5.74, 6) is 0.531. The Morgan fingerprint density at radius 3 is 2.62 bits per heavy atom. The van der Waals surface area contributed by atoms with Gasteiger partial charge in [0.05, 0.1) is 11.8 Å². The van der Waals surface area contributed by atoms with Crippen molar-refractivity contribution in [3.63, 3.8) is 0 Å². The van der Waals surface area contributed by atoms with Crippen LogP contribution in [0.4, 0.5) is 0 Å². The monoisotopic (exact) mass is 247 g/mol. The van der Waals surface area contributed by atoms with E-state index in [2.05, 4.69) is 0 Å². The summed E-state index contributed by atoms with van der Waals surface area (Å²) in [5, 5.41) is 0. The van der Waals surface area contributed by atoms with Crippen molar-refractivity contribution in [1.29, 1.82) is 0 Å². The molecule has 1 aliphatic heterocycles. The van der Waals surface area contributed by atoms with Crippen LogP contribution in [0.2, 0.25) is 0 Å². The summed E-state index contributed by atoms with van der Waals surface area (Å²) >= 11 is 0. The third-order valence-corrected chi connectivity index (χ3v) is 4.89. The lowest BCUT2D eigenvalue weighted by atomic mass is 10.1. The Morgan fingerprint density at radius 1 is 1.38 bits per heavy atom. The normalized spacial score (nSPS) is 23.6. The molecule has 1 atom stereocenters. The molecule has 1 saturated heterocycles. The summed E-state index contributed by atoms with van der Waals surface area (Å²) in [4.78, 5) is 10.8. The lowest BCUT2D eigenvalue weighted by molar-refractivity contribution is -0.111. The van der Waals surface area contributed by atoms with Crippen molar-refractivity contribution in [2.75, 3.05) is 12.3 Å². The zero-order valence-corrected chi connectivity index (χ0v) is 10.9. The largest absolute Gasteiger partial charge is 0.302 e. The molecule has 0 radical (unpaired) electrons. The van der Waals surface area contributed by atoms with Crippen LogP contribution in [0.1, 0.15) is 39.5 Å². The van der Waals surface area contributed by atoms with Crippen LogP contribution >= 0.6 is 0 Å². The number of piperidine rings is 1. The van der Waals surface area contributed by atoms with Crippen LogP contribution in [-0.4, -0.2) is 37.3 Å². The minimum atomic E-state index is -3.24. The number of hydrogen-bond acceptors (Lipinski definition) is 3. The second kappa shape index (κ2) is 5.77. The van der Waals surface area contributed by atoms with Gasteiger partial charge in [0.15, 0.2) is 0 Å². The van der Waals surface area contributed by atoms with Crippen molar-refractivity contribution < 1.29 is 13.2 Å². The zero-order chi connectivity index (χ0) is 12.2. The molecule has 1 unspecified atom stereocenters. The van der Waals surface area contributed by atoms with E-state index in [1.54, 1.807) is 0 Å². The first-order valence-electron chi connectivity index (χ1n) is 5.92. The minimum Gasteiger partial charge on any atom is -0.302 e. The van der Waals surface area contributed by atoms with Crippen molar-refractivity contribution in [2.45, 2.75) is 45.6 Å². The number of aldehydes is 1. The van der Waals surface area contributed by atoms with Gasteiger partial charge in [-0.3, -0.25) is 0 Å². The molecule has 1 heterocycles. The molecule has 94 valence electrons. The number of hydrogen-bond donors (Lipinski definition) is 0. The van der Waals surface area contributed by atoms with Crippen LogP contribution in [0.3, 0.4) is 0 Å². The molecule has 0 aromatic carbocycles. The van der Waals surface area contributed by atoms with Crippen LogP contribution in [0.5, 0.6) is 0 Å². The Labute approximate surface area is 98.1 Å². The van der Waals surface area contributed by atoms with E-state index in [4.69, 9.17) is 0 Å². The van der Waals surface area contributed by atoms with E-state index in [1.807, 2.05) is 13.8 Å². The van der Waals surface area contributed by atoms with Crippen molar-refractivity contribution in [3.8, 4) is 0 Å². The Hall–Kier alpha value is -0.420. The van der Waals surface area contributed by atoms with Crippen LogP contribution in [0, 0.1) is 5.92 Å². The van der Waals surface area contributed by atoms with Gasteiger partial charge < -0.3 is 4.79 Å². The van der Waals surface area contributed by atoms with Crippen molar-refractivity contribution in [3.05, 3.63) is 0 Å². The quantitative estimate of drug-likeness (QED) is 0.690. The smallest absolute Gasteiger partial charge is 0.214 e. The molecule has 0 aliphatic carbocycles. The molecule has 0 aromatic heterocycles. The molecule has 5 heteroatoms. The molecule has 1 fully saturated rings. The zero-order valence-electron chi connectivity index (χ0n) is 10.1. The molecule has 0 spiro atoms. The second-order valence-corrected chi connectivity index (χ2v) is 6.85. The van der Waals surface area contributed by atoms with Gasteiger partial charge in [-0.2, -0.15) is 4.31 Å². The molecular weight excluding hydrogens is 226 g/mol. The highest BCUT2D eigenvalue weighted by molar-refractivity contribution is 7.89. The van der Waals surface area contributed by atoms with E-state index in [1.165, 1.54) is 4.31 Å². The summed E-state index contributed by atoms with van der Waals surface area (Å²) in [6.07, 6.45) is 3.91. The fraction of sp³-hybridized carbons (Fsp3) is 0.909. The van der Waals surface area contributed by atoms with Gasteiger partial charge in [0.25, 0.3) is 0 Å². The number of sulfonamides is 1. The standard InChI is InChI=1S/C11H21NO3S/c1-10(2)6-8-16(14,15)12-7-4-3-5-11(12)9-13/h9-11H,3-8H2,1-2H3. The van der Waals surface area contributed by atoms with Gasteiger partial charge in [-0.1, -0.05) is 20.3 Å². The van der Waals surface area contributed by atoms with Gasteiger partial charge in [0.2, 0.25) is 10.0 Å². The van der Waals surface area contributed by atoms with Crippen LogP contribution in [-0.2, 0) is 14.8 Å². The van der Waals surface area contributed by atoms with E-state index in [9.17, 15) is 13.2 Å². The molecule has 0 amide bonds. The summed E-state index contributed by atoms with van der Waals surface area (Å²) in [7, 11) is -3.24. The topological polar surface area (TPSA) is 54.5 Å².